The molecule has 1 saturated heterocycles. The molecule has 1 unspecified atom stereocenters. The van der Waals surface area contributed by atoms with Gasteiger partial charge in [0, 0.05) is 36.3 Å². The SMILES string of the molecule is Cc1ccc(S(=O)(=O)N2CCCCC2C)cc1C(=O)N1CCc2c(F)cc(F)cc21. The summed E-state index contributed by atoms with van der Waals surface area (Å²) in [5, 5.41) is 0. The molecule has 0 N–H and O–H groups in total. The van der Waals surface area contributed by atoms with Crippen LogP contribution in [0.4, 0.5) is 14.5 Å². The predicted octanol–water partition coefficient (Wildman–Crippen LogP) is 4.04. The topological polar surface area (TPSA) is 57.7 Å². The van der Waals surface area contributed by atoms with Crippen LogP contribution in [0, 0.1) is 18.6 Å². The zero-order valence-electron chi connectivity index (χ0n) is 17.0. The van der Waals surface area contributed by atoms with Crippen LogP contribution in [-0.4, -0.2) is 37.8 Å². The zero-order valence-corrected chi connectivity index (χ0v) is 17.8. The second-order valence-corrected chi connectivity index (χ2v) is 9.92. The molecular formula is C22H24F2N2O3S. The standard InChI is InChI=1S/C22H24F2N2O3S/c1-14-6-7-17(30(28,29)26-9-4-3-5-15(26)2)13-19(14)22(27)25-10-8-18-20(24)11-16(23)12-21(18)25/h6-7,11-13,15H,3-5,8-10H2,1-2H3. The third kappa shape index (κ3) is 3.52. The van der Waals surface area contributed by atoms with Crippen LogP contribution < -0.4 is 4.90 Å². The van der Waals surface area contributed by atoms with Crippen LogP contribution in [0.15, 0.2) is 35.2 Å². The summed E-state index contributed by atoms with van der Waals surface area (Å²) < 4.78 is 55.7. The summed E-state index contributed by atoms with van der Waals surface area (Å²) in [5.41, 5.74) is 1.33. The van der Waals surface area contributed by atoms with Crippen molar-refractivity contribution in [2.24, 2.45) is 0 Å². The summed E-state index contributed by atoms with van der Waals surface area (Å²) in [5.74, 6) is -1.88. The first-order valence-corrected chi connectivity index (χ1v) is 11.6. The summed E-state index contributed by atoms with van der Waals surface area (Å²) in [6.07, 6.45) is 2.89. The zero-order chi connectivity index (χ0) is 21.6. The number of sulfonamides is 1. The fraction of sp³-hybridized carbons (Fsp3) is 0.409. The Morgan fingerprint density at radius 3 is 2.60 bits per heavy atom. The van der Waals surface area contributed by atoms with Crippen LogP contribution in [0.5, 0.6) is 0 Å². The third-order valence-corrected chi connectivity index (χ3v) is 8.06. The Kier molecular flexibility index (Phi) is 5.40. The lowest BCUT2D eigenvalue weighted by molar-refractivity contribution is 0.0988. The summed E-state index contributed by atoms with van der Waals surface area (Å²) in [6.45, 7) is 4.28. The van der Waals surface area contributed by atoms with E-state index in [-0.39, 0.29) is 35.2 Å². The number of anilines is 1. The fourth-order valence-electron chi connectivity index (χ4n) is 4.33. The molecule has 0 aromatic heterocycles. The number of piperidine rings is 1. The molecule has 1 amide bonds. The number of carbonyl (C=O) groups is 1. The van der Waals surface area contributed by atoms with Crippen molar-refractivity contribution in [3.8, 4) is 0 Å². The van der Waals surface area contributed by atoms with E-state index in [0.29, 0.717) is 17.7 Å². The van der Waals surface area contributed by atoms with Gasteiger partial charge in [-0.25, -0.2) is 17.2 Å². The molecule has 160 valence electrons. The van der Waals surface area contributed by atoms with Crippen molar-refractivity contribution in [2.75, 3.05) is 18.0 Å². The lowest BCUT2D eigenvalue weighted by Crippen LogP contribution is -2.42. The molecule has 0 radical (unpaired) electrons. The average Bonchev–Trinajstić information content (AvgIpc) is 3.12. The Labute approximate surface area is 175 Å². The summed E-state index contributed by atoms with van der Waals surface area (Å²) in [4.78, 5) is 14.6. The number of benzene rings is 2. The smallest absolute Gasteiger partial charge is 0.258 e. The molecule has 2 aliphatic heterocycles. The van der Waals surface area contributed by atoms with Gasteiger partial charge in [0.25, 0.3) is 5.91 Å². The largest absolute Gasteiger partial charge is 0.308 e. The van der Waals surface area contributed by atoms with Crippen molar-refractivity contribution >= 4 is 21.6 Å². The fourth-order valence-corrected chi connectivity index (χ4v) is 6.06. The summed E-state index contributed by atoms with van der Waals surface area (Å²) >= 11 is 0. The Morgan fingerprint density at radius 1 is 1.10 bits per heavy atom. The third-order valence-electron chi connectivity index (χ3n) is 6.05. The molecule has 0 spiro atoms. The van der Waals surface area contributed by atoms with Crippen LogP contribution in [0.3, 0.4) is 0 Å². The minimum Gasteiger partial charge on any atom is -0.308 e. The van der Waals surface area contributed by atoms with Gasteiger partial charge in [-0.1, -0.05) is 12.5 Å². The summed E-state index contributed by atoms with van der Waals surface area (Å²) in [6, 6.07) is 6.38. The van der Waals surface area contributed by atoms with Crippen molar-refractivity contribution in [1.29, 1.82) is 0 Å². The van der Waals surface area contributed by atoms with Gasteiger partial charge in [-0.3, -0.25) is 4.79 Å². The second-order valence-electron chi connectivity index (χ2n) is 8.03. The molecule has 4 rings (SSSR count). The lowest BCUT2D eigenvalue weighted by atomic mass is 10.1. The Morgan fingerprint density at radius 2 is 1.87 bits per heavy atom. The van der Waals surface area contributed by atoms with Gasteiger partial charge in [0.2, 0.25) is 10.0 Å². The van der Waals surface area contributed by atoms with Gasteiger partial charge in [-0.15, -0.1) is 0 Å². The number of amides is 1. The van der Waals surface area contributed by atoms with Crippen LogP contribution in [-0.2, 0) is 16.4 Å². The highest BCUT2D eigenvalue weighted by molar-refractivity contribution is 7.89. The molecule has 2 aromatic rings. The summed E-state index contributed by atoms with van der Waals surface area (Å²) in [7, 11) is -3.74. The number of aryl methyl sites for hydroxylation is 1. The minimum absolute atomic E-state index is 0.0649. The van der Waals surface area contributed by atoms with Crippen LogP contribution in [0.25, 0.3) is 0 Å². The number of halogens is 2. The Hall–Kier alpha value is -2.32. The minimum atomic E-state index is -3.74. The molecule has 0 aliphatic carbocycles. The molecule has 0 bridgehead atoms. The van der Waals surface area contributed by atoms with Gasteiger partial charge in [0.15, 0.2) is 0 Å². The van der Waals surface area contributed by atoms with E-state index in [2.05, 4.69) is 0 Å². The highest BCUT2D eigenvalue weighted by atomic mass is 32.2. The van der Waals surface area contributed by atoms with E-state index < -0.39 is 27.6 Å². The van der Waals surface area contributed by atoms with Crippen LogP contribution in [0.1, 0.15) is 47.7 Å². The quantitative estimate of drug-likeness (QED) is 0.733. The van der Waals surface area contributed by atoms with Crippen molar-refractivity contribution in [1.82, 2.24) is 4.31 Å². The predicted molar refractivity (Wildman–Crippen MR) is 110 cm³/mol. The van der Waals surface area contributed by atoms with E-state index in [1.54, 1.807) is 13.0 Å². The number of hydrogen-bond acceptors (Lipinski definition) is 3. The molecule has 2 aliphatic rings. The van der Waals surface area contributed by atoms with Crippen molar-refractivity contribution in [2.45, 2.75) is 50.5 Å². The van der Waals surface area contributed by atoms with Crippen molar-refractivity contribution in [3.05, 3.63) is 58.7 Å². The highest BCUT2D eigenvalue weighted by Crippen LogP contribution is 2.33. The number of carbonyl (C=O) groups excluding carboxylic acids is 1. The molecule has 1 fully saturated rings. The van der Waals surface area contributed by atoms with Gasteiger partial charge >= 0.3 is 0 Å². The van der Waals surface area contributed by atoms with Gasteiger partial charge < -0.3 is 4.90 Å². The van der Waals surface area contributed by atoms with E-state index in [9.17, 15) is 22.0 Å². The van der Waals surface area contributed by atoms with Crippen LogP contribution in [0.2, 0.25) is 0 Å². The van der Waals surface area contributed by atoms with Gasteiger partial charge in [-0.05, 0) is 56.9 Å². The molecule has 5 nitrogen and oxygen atoms in total. The monoisotopic (exact) mass is 434 g/mol. The first kappa shape index (κ1) is 20.9. The highest BCUT2D eigenvalue weighted by Gasteiger charge is 2.33. The first-order chi connectivity index (χ1) is 14.2. The van der Waals surface area contributed by atoms with Crippen molar-refractivity contribution in [3.63, 3.8) is 0 Å². The van der Waals surface area contributed by atoms with Crippen molar-refractivity contribution < 1.29 is 22.0 Å². The molecule has 8 heteroatoms. The van der Waals surface area contributed by atoms with Crippen LogP contribution >= 0.6 is 0 Å². The number of rotatable bonds is 3. The maximum Gasteiger partial charge on any atom is 0.258 e. The maximum atomic E-state index is 14.1. The van der Waals surface area contributed by atoms with E-state index in [1.807, 2.05) is 6.92 Å². The Bertz CT molecular complexity index is 1120. The molecule has 2 heterocycles. The van der Waals surface area contributed by atoms with Gasteiger partial charge in [-0.2, -0.15) is 4.31 Å². The van der Waals surface area contributed by atoms with Gasteiger partial charge in [0.1, 0.15) is 11.6 Å². The molecular weight excluding hydrogens is 410 g/mol. The average molecular weight is 435 g/mol. The maximum absolute atomic E-state index is 14.1. The molecule has 0 saturated carbocycles. The van der Waals surface area contributed by atoms with Gasteiger partial charge in [0.05, 0.1) is 10.6 Å². The molecule has 2 aromatic carbocycles. The van der Waals surface area contributed by atoms with E-state index >= 15 is 0 Å². The second kappa shape index (κ2) is 7.74. The normalized spacial score (nSPS) is 19.7. The Balaban J connectivity index is 1.71. The first-order valence-electron chi connectivity index (χ1n) is 10.1. The molecule has 30 heavy (non-hydrogen) atoms. The molecule has 1 atom stereocenters. The van der Waals surface area contributed by atoms with E-state index in [1.165, 1.54) is 21.3 Å². The number of nitrogens with zero attached hydrogens (tertiary/aromatic N) is 2. The van der Waals surface area contributed by atoms with E-state index in [4.69, 9.17) is 0 Å². The number of fused-ring (bicyclic) bond motifs is 1. The lowest BCUT2D eigenvalue weighted by Gasteiger charge is -2.32. The number of hydrogen-bond donors (Lipinski definition) is 0. The van der Waals surface area contributed by atoms with E-state index in [0.717, 1.165) is 31.4 Å².